The minimum absolute atomic E-state index is 0.0159. The average Bonchev–Trinajstić information content (AvgIpc) is 3.04. The highest BCUT2D eigenvalue weighted by atomic mass is 16.2. The van der Waals surface area contributed by atoms with Gasteiger partial charge in [-0.25, -0.2) is 4.68 Å². The average molecular weight is 377 g/mol. The van der Waals surface area contributed by atoms with Crippen molar-refractivity contribution in [1.29, 1.82) is 0 Å². The van der Waals surface area contributed by atoms with Gasteiger partial charge in [-0.3, -0.25) is 9.59 Å². The van der Waals surface area contributed by atoms with Crippen molar-refractivity contribution < 1.29 is 9.59 Å². The van der Waals surface area contributed by atoms with E-state index in [1.807, 2.05) is 56.3 Å². The van der Waals surface area contributed by atoms with Crippen molar-refractivity contribution in [3.8, 4) is 5.69 Å². The van der Waals surface area contributed by atoms with Crippen LogP contribution >= 0.6 is 0 Å². The second-order valence-electron chi connectivity index (χ2n) is 6.80. The van der Waals surface area contributed by atoms with Crippen molar-refractivity contribution >= 4 is 17.5 Å². The molecule has 0 aliphatic rings. The van der Waals surface area contributed by atoms with Gasteiger partial charge in [-0.15, -0.1) is 5.10 Å². The first-order chi connectivity index (χ1) is 13.3. The second kappa shape index (κ2) is 8.04. The zero-order valence-corrected chi connectivity index (χ0v) is 16.4. The highest BCUT2D eigenvalue weighted by molar-refractivity contribution is 6.03. The SMILES string of the molecule is CC(=O)N(C)Cc1cccc(NC(=O)c2nnn(-c3ccc(C)cc3)c2C)c1. The number of hydrogen-bond donors (Lipinski definition) is 1. The van der Waals surface area contributed by atoms with Crippen molar-refractivity contribution in [1.82, 2.24) is 19.9 Å². The standard InChI is InChI=1S/C21H23N5O2/c1-14-8-10-19(11-9-14)26-15(2)20(23-24-26)21(28)22-18-7-5-6-17(12-18)13-25(4)16(3)27/h5-12H,13H2,1-4H3,(H,22,28). The number of aryl methyl sites for hydroxylation is 1. The van der Waals surface area contributed by atoms with Crippen LogP contribution in [-0.4, -0.2) is 38.8 Å². The van der Waals surface area contributed by atoms with Crippen LogP contribution < -0.4 is 5.32 Å². The zero-order chi connectivity index (χ0) is 20.3. The number of nitrogens with zero attached hydrogens (tertiary/aromatic N) is 4. The Bertz CT molecular complexity index is 1010. The molecule has 1 aromatic heterocycles. The number of anilines is 1. The van der Waals surface area contributed by atoms with E-state index in [9.17, 15) is 9.59 Å². The molecule has 3 rings (SSSR count). The lowest BCUT2D eigenvalue weighted by Gasteiger charge is -2.15. The molecule has 0 radical (unpaired) electrons. The van der Waals surface area contributed by atoms with Gasteiger partial charge >= 0.3 is 0 Å². The Morgan fingerprint density at radius 2 is 1.82 bits per heavy atom. The molecule has 7 nitrogen and oxygen atoms in total. The molecule has 0 unspecified atom stereocenters. The molecule has 0 bridgehead atoms. The predicted octanol–water partition coefficient (Wildman–Crippen LogP) is 3.11. The summed E-state index contributed by atoms with van der Waals surface area (Å²) < 4.78 is 1.65. The first-order valence-corrected chi connectivity index (χ1v) is 8.96. The molecular weight excluding hydrogens is 354 g/mol. The van der Waals surface area contributed by atoms with Crippen molar-refractivity contribution in [2.24, 2.45) is 0 Å². The van der Waals surface area contributed by atoms with Gasteiger partial charge in [0, 0.05) is 26.2 Å². The Hall–Kier alpha value is -3.48. The first-order valence-electron chi connectivity index (χ1n) is 8.96. The fourth-order valence-corrected chi connectivity index (χ4v) is 2.79. The Labute approximate surface area is 164 Å². The highest BCUT2D eigenvalue weighted by Crippen LogP contribution is 2.16. The van der Waals surface area contributed by atoms with Gasteiger partial charge in [0.1, 0.15) is 0 Å². The number of carbonyl (C=O) groups excluding carboxylic acids is 2. The van der Waals surface area contributed by atoms with E-state index in [-0.39, 0.29) is 17.5 Å². The van der Waals surface area contributed by atoms with Crippen LogP contribution in [0.3, 0.4) is 0 Å². The molecule has 1 heterocycles. The Morgan fingerprint density at radius 1 is 1.11 bits per heavy atom. The Balaban J connectivity index is 1.77. The maximum atomic E-state index is 12.7. The molecule has 2 amide bonds. The normalized spacial score (nSPS) is 10.6. The van der Waals surface area contributed by atoms with Crippen molar-refractivity contribution in [2.45, 2.75) is 27.3 Å². The molecule has 3 aromatic rings. The predicted molar refractivity (Wildman–Crippen MR) is 107 cm³/mol. The molecule has 0 fully saturated rings. The summed E-state index contributed by atoms with van der Waals surface area (Å²) >= 11 is 0. The Kier molecular flexibility index (Phi) is 5.54. The van der Waals surface area contributed by atoms with E-state index >= 15 is 0 Å². The molecule has 0 aliphatic carbocycles. The van der Waals surface area contributed by atoms with Gasteiger partial charge in [0.2, 0.25) is 5.91 Å². The number of amides is 2. The molecule has 0 aliphatic heterocycles. The van der Waals surface area contributed by atoms with Crippen molar-refractivity contribution in [3.05, 3.63) is 71.0 Å². The summed E-state index contributed by atoms with van der Waals surface area (Å²) in [6, 6.07) is 15.2. The number of nitrogens with one attached hydrogen (secondary N) is 1. The maximum Gasteiger partial charge on any atom is 0.278 e. The van der Waals surface area contributed by atoms with E-state index in [0.29, 0.717) is 17.9 Å². The lowest BCUT2D eigenvalue weighted by atomic mass is 10.2. The van der Waals surface area contributed by atoms with Gasteiger partial charge in [0.05, 0.1) is 11.4 Å². The summed E-state index contributed by atoms with van der Waals surface area (Å²) in [7, 11) is 1.74. The summed E-state index contributed by atoms with van der Waals surface area (Å²) in [4.78, 5) is 25.7. The first kappa shape index (κ1) is 19.3. The fourth-order valence-electron chi connectivity index (χ4n) is 2.79. The van der Waals surface area contributed by atoms with E-state index in [1.165, 1.54) is 6.92 Å². The largest absolute Gasteiger partial charge is 0.342 e. The van der Waals surface area contributed by atoms with E-state index in [0.717, 1.165) is 16.8 Å². The molecule has 0 spiro atoms. The molecule has 144 valence electrons. The van der Waals surface area contributed by atoms with Crippen LogP contribution in [0.15, 0.2) is 48.5 Å². The molecule has 0 saturated heterocycles. The minimum atomic E-state index is -0.326. The Morgan fingerprint density at radius 3 is 2.50 bits per heavy atom. The highest BCUT2D eigenvalue weighted by Gasteiger charge is 2.17. The lowest BCUT2D eigenvalue weighted by Crippen LogP contribution is -2.23. The molecule has 0 saturated carbocycles. The third kappa shape index (κ3) is 4.25. The minimum Gasteiger partial charge on any atom is -0.342 e. The van der Waals surface area contributed by atoms with E-state index in [1.54, 1.807) is 22.7 Å². The molecule has 2 aromatic carbocycles. The summed E-state index contributed by atoms with van der Waals surface area (Å²) in [6.45, 7) is 5.82. The van der Waals surface area contributed by atoms with Gasteiger partial charge in [0.25, 0.3) is 5.91 Å². The maximum absolute atomic E-state index is 12.7. The van der Waals surface area contributed by atoms with Gasteiger partial charge < -0.3 is 10.2 Å². The van der Waals surface area contributed by atoms with Crippen LogP contribution in [0.2, 0.25) is 0 Å². The summed E-state index contributed by atoms with van der Waals surface area (Å²) in [5.41, 5.74) is 4.50. The van der Waals surface area contributed by atoms with E-state index < -0.39 is 0 Å². The molecular formula is C21H23N5O2. The monoisotopic (exact) mass is 377 g/mol. The number of hydrogen-bond acceptors (Lipinski definition) is 4. The molecule has 28 heavy (non-hydrogen) atoms. The number of benzene rings is 2. The quantitative estimate of drug-likeness (QED) is 0.741. The summed E-state index contributed by atoms with van der Waals surface area (Å²) in [6.07, 6.45) is 0. The second-order valence-corrected chi connectivity index (χ2v) is 6.80. The van der Waals surface area contributed by atoms with Crippen LogP contribution in [0.25, 0.3) is 5.69 Å². The van der Waals surface area contributed by atoms with E-state index in [4.69, 9.17) is 0 Å². The van der Waals surface area contributed by atoms with Crippen LogP contribution in [0.4, 0.5) is 5.69 Å². The van der Waals surface area contributed by atoms with E-state index in [2.05, 4.69) is 15.6 Å². The van der Waals surface area contributed by atoms with Gasteiger partial charge in [-0.05, 0) is 43.7 Å². The van der Waals surface area contributed by atoms with Crippen molar-refractivity contribution in [3.63, 3.8) is 0 Å². The topological polar surface area (TPSA) is 80.1 Å². The zero-order valence-electron chi connectivity index (χ0n) is 16.4. The van der Waals surface area contributed by atoms with Crippen molar-refractivity contribution in [2.75, 3.05) is 12.4 Å². The molecule has 0 atom stereocenters. The number of aromatic nitrogens is 3. The van der Waals surface area contributed by atoms with Gasteiger partial charge in [-0.2, -0.15) is 0 Å². The molecule has 1 N–H and O–H groups in total. The van der Waals surface area contributed by atoms with Crippen LogP contribution in [0.1, 0.15) is 34.2 Å². The number of rotatable bonds is 5. The summed E-state index contributed by atoms with van der Waals surface area (Å²) in [5.74, 6) is -0.342. The van der Waals surface area contributed by atoms with Crippen LogP contribution in [0.5, 0.6) is 0 Å². The smallest absolute Gasteiger partial charge is 0.278 e. The molecule has 7 heteroatoms. The lowest BCUT2D eigenvalue weighted by molar-refractivity contribution is -0.128. The van der Waals surface area contributed by atoms with Gasteiger partial charge in [-0.1, -0.05) is 35.0 Å². The van der Waals surface area contributed by atoms with Crippen LogP contribution in [-0.2, 0) is 11.3 Å². The number of carbonyl (C=O) groups is 2. The fraction of sp³-hybridized carbons (Fsp3) is 0.238. The van der Waals surface area contributed by atoms with Gasteiger partial charge in [0.15, 0.2) is 5.69 Å². The van der Waals surface area contributed by atoms with Crippen LogP contribution in [0, 0.1) is 13.8 Å². The summed E-state index contributed by atoms with van der Waals surface area (Å²) in [5, 5.41) is 11.0. The third-order valence-corrected chi connectivity index (χ3v) is 4.53. The third-order valence-electron chi connectivity index (χ3n) is 4.53.